The Kier molecular flexibility index (Phi) is 5.18. The van der Waals surface area contributed by atoms with Gasteiger partial charge in [0.1, 0.15) is 12.4 Å². The summed E-state index contributed by atoms with van der Waals surface area (Å²) in [4.78, 5) is 0. The van der Waals surface area contributed by atoms with Crippen LogP contribution >= 0.6 is 0 Å². The Balaban J connectivity index is 1.73. The van der Waals surface area contributed by atoms with Crippen molar-refractivity contribution in [3.63, 3.8) is 0 Å². The van der Waals surface area contributed by atoms with Gasteiger partial charge in [-0.3, -0.25) is 4.68 Å². The van der Waals surface area contributed by atoms with Gasteiger partial charge in [0, 0.05) is 31.9 Å². The standard InChI is InChI=1S/C16H23N3O/c1-13(2)16-14(12-19(3)18-16)11-17-9-10-20-15-7-5-4-6-8-15/h4-8,12-13,17H,9-11H2,1-3H3. The maximum atomic E-state index is 5.64. The van der Waals surface area contributed by atoms with Crippen molar-refractivity contribution in [1.29, 1.82) is 0 Å². The van der Waals surface area contributed by atoms with Gasteiger partial charge in [-0.15, -0.1) is 0 Å². The van der Waals surface area contributed by atoms with Crippen LogP contribution < -0.4 is 10.1 Å². The third kappa shape index (κ3) is 4.10. The van der Waals surface area contributed by atoms with Gasteiger partial charge in [-0.25, -0.2) is 0 Å². The van der Waals surface area contributed by atoms with Crippen LogP contribution in [0.25, 0.3) is 0 Å². The summed E-state index contributed by atoms with van der Waals surface area (Å²) < 4.78 is 7.53. The van der Waals surface area contributed by atoms with E-state index in [-0.39, 0.29) is 0 Å². The topological polar surface area (TPSA) is 39.1 Å². The molecule has 0 aliphatic heterocycles. The Morgan fingerprint density at radius 3 is 2.70 bits per heavy atom. The Bertz CT molecular complexity index is 520. The smallest absolute Gasteiger partial charge is 0.119 e. The number of para-hydroxylation sites is 1. The lowest BCUT2D eigenvalue weighted by Gasteiger charge is -2.08. The van der Waals surface area contributed by atoms with E-state index in [9.17, 15) is 0 Å². The van der Waals surface area contributed by atoms with Crippen LogP contribution in [-0.2, 0) is 13.6 Å². The van der Waals surface area contributed by atoms with Crippen molar-refractivity contribution >= 4 is 0 Å². The molecule has 0 spiro atoms. The lowest BCUT2D eigenvalue weighted by atomic mass is 10.1. The number of benzene rings is 1. The lowest BCUT2D eigenvalue weighted by Crippen LogP contribution is -2.21. The average Bonchev–Trinajstić information content (AvgIpc) is 2.81. The summed E-state index contributed by atoms with van der Waals surface area (Å²) in [7, 11) is 1.97. The molecule has 0 atom stereocenters. The van der Waals surface area contributed by atoms with Crippen molar-refractivity contribution in [2.45, 2.75) is 26.3 Å². The summed E-state index contributed by atoms with van der Waals surface area (Å²) in [5, 5.41) is 7.90. The van der Waals surface area contributed by atoms with Gasteiger partial charge < -0.3 is 10.1 Å². The molecular formula is C16H23N3O. The quantitative estimate of drug-likeness (QED) is 0.788. The zero-order chi connectivity index (χ0) is 14.4. The highest BCUT2D eigenvalue weighted by molar-refractivity contribution is 5.21. The fourth-order valence-corrected chi connectivity index (χ4v) is 2.16. The molecule has 0 aliphatic carbocycles. The lowest BCUT2D eigenvalue weighted by molar-refractivity contribution is 0.313. The number of aryl methyl sites for hydroxylation is 1. The summed E-state index contributed by atoms with van der Waals surface area (Å²) >= 11 is 0. The largest absolute Gasteiger partial charge is 0.492 e. The van der Waals surface area contributed by atoms with Crippen LogP contribution in [0.15, 0.2) is 36.5 Å². The Hall–Kier alpha value is -1.81. The monoisotopic (exact) mass is 273 g/mol. The van der Waals surface area contributed by atoms with Crippen LogP contribution in [0.5, 0.6) is 5.75 Å². The third-order valence-electron chi connectivity index (χ3n) is 3.09. The van der Waals surface area contributed by atoms with Crippen LogP contribution in [-0.4, -0.2) is 22.9 Å². The van der Waals surface area contributed by atoms with Gasteiger partial charge in [0.2, 0.25) is 0 Å². The van der Waals surface area contributed by atoms with E-state index in [0.717, 1.165) is 18.8 Å². The molecule has 108 valence electrons. The predicted molar refractivity (Wildman–Crippen MR) is 80.9 cm³/mol. The van der Waals surface area contributed by atoms with E-state index in [1.165, 1.54) is 11.3 Å². The van der Waals surface area contributed by atoms with E-state index in [1.807, 2.05) is 42.1 Å². The molecule has 20 heavy (non-hydrogen) atoms. The zero-order valence-corrected chi connectivity index (χ0v) is 12.5. The Morgan fingerprint density at radius 2 is 2.00 bits per heavy atom. The summed E-state index contributed by atoms with van der Waals surface area (Å²) in [6.07, 6.45) is 2.08. The van der Waals surface area contributed by atoms with Gasteiger partial charge in [-0.2, -0.15) is 5.10 Å². The highest BCUT2D eigenvalue weighted by Gasteiger charge is 2.10. The zero-order valence-electron chi connectivity index (χ0n) is 12.5. The number of nitrogens with one attached hydrogen (secondary N) is 1. The fourth-order valence-electron chi connectivity index (χ4n) is 2.16. The Labute approximate surface area is 120 Å². The second-order valence-corrected chi connectivity index (χ2v) is 5.21. The molecule has 4 nitrogen and oxygen atoms in total. The molecule has 0 unspecified atom stereocenters. The normalized spacial score (nSPS) is 11.0. The van der Waals surface area contributed by atoms with Crippen molar-refractivity contribution in [1.82, 2.24) is 15.1 Å². The van der Waals surface area contributed by atoms with Gasteiger partial charge in [0.25, 0.3) is 0 Å². The Morgan fingerprint density at radius 1 is 1.25 bits per heavy atom. The third-order valence-corrected chi connectivity index (χ3v) is 3.09. The van der Waals surface area contributed by atoms with E-state index in [2.05, 4.69) is 30.5 Å². The molecule has 0 saturated carbocycles. The van der Waals surface area contributed by atoms with E-state index < -0.39 is 0 Å². The predicted octanol–water partition coefficient (Wildman–Crippen LogP) is 2.71. The van der Waals surface area contributed by atoms with Crippen molar-refractivity contribution in [2.75, 3.05) is 13.2 Å². The van der Waals surface area contributed by atoms with Gasteiger partial charge >= 0.3 is 0 Å². The number of aromatic nitrogens is 2. The van der Waals surface area contributed by atoms with Crippen molar-refractivity contribution in [3.8, 4) is 5.75 Å². The first-order chi connectivity index (χ1) is 9.66. The highest BCUT2D eigenvalue weighted by Crippen LogP contribution is 2.16. The fraction of sp³-hybridized carbons (Fsp3) is 0.438. The first kappa shape index (κ1) is 14.6. The summed E-state index contributed by atoms with van der Waals surface area (Å²) in [6, 6.07) is 9.89. The number of hydrogen-bond acceptors (Lipinski definition) is 3. The first-order valence-electron chi connectivity index (χ1n) is 7.08. The van der Waals surface area contributed by atoms with E-state index in [0.29, 0.717) is 12.5 Å². The van der Waals surface area contributed by atoms with Crippen LogP contribution in [0.1, 0.15) is 31.0 Å². The summed E-state index contributed by atoms with van der Waals surface area (Å²) in [6.45, 7) is 6.66. The minimum absolute atomic E-state index is 0.452. The molecule has 0 saturated heterocycles. The molecule has 0 aliphatic rings. The molecule has 4 heteroatoms. The molecule has 1 heterocycles. The first-order valence-corrected chi connectivity index (χ1v) is 7.08. The molecule has 2 rings (SSSR count). The molecule has 0 fully saturated rings. The number of ether oxygens (including phenoxy) is 1. The van der Waals surface area contributed by atoms with Crippen LogP contribution in [0.4, 0.5) is 0 Å². The number of rotatable bonds is 7. The van der Waals surface area contributed by atoms with Crippen LogP contribution in [0, 0.1) is 0 Å². The molecular weight excluding hydrogens is 250 g/mol. The highest BCUT2D eigenvalue weighted by atomic mass is 16.5. The van der Waals surface area contributed by atoms with E-state index in [1.54, 1.807) is 0 Å². The average molecular weight is 273 g/mol. The SMILES string of the molecule is CC(C)c1nn(C)cc1CNCCOc1ccccc1. The summed E-state index contributed by atoms with van der Waals surface area (Å²) in [5.41, 5.74) is 2.44. The van der Waals surface area contributed by atoms with Crippen molar-refractivity contribution < 1.29 is 4.74 Å². The van der Waals surface area contributed by atoms with E-state index >= 15 is 0 Å². The van der Waals surface area contributed by atoms with Gasteiger partial charge in [0.05, 0.1) is 5.69 Å². The molecule has 1 N–H and O–H groups in total. The van der Waals surface area contributed by atoms with Crippen molar-refractivity contribution in [2.24, 2.45) is 7.05 Å². The number of nitrogens with zero attached hydrogens (tertiary/aromatic N) is 2. The van der Waals surface area contributed by atoms with Gasteiger partial charge in [0.15, 0.2) is 0 Å². The van der Waals surface area contributed by atoms with E-state index in [4.69, 9.17) is 4.74 Å². The molecule has 2 aromatic rings. The second-order valence-electron chi connectivity index (χ2n) is 5.21. The molecule has 0 bridgehead atoms. The van der Waals surface area contributed by atoms with Crippen LogP contribution in [0.2, 0.25) is 0 Å². The summed E-state index contributed by atoms with van der Waals surface area (Å²) in [5.74, 6) is 1.37. The molecule has 1 aromatic carbocycles. The maximum absolute atomic E-state index is 5.64. The molecule has 1 aromatic heterocycles. The second kappa shape index (κ2) is 7.10. The molecule has 0 radical (unpaired) electrons. The van der Waals surface area contributed by atoms with Crippen LogP contribution in [0.3, 0.4) is 0 Å². The van der Waals surface area contributed by atoms with Gasteiger partial charge in [-0.05, 0) is 18.1 Å². The minimum Gasteiger partial charge on any atom is -0.492 e. The van der Waals surface area contributed by atoms with Gasteiger partial charge in [-0.1, -0.05) is 32.0 Å². The minimum atomic E-state index is 0.452. The van der Waals surface area contributed by atoms with Crippen molar-refractivity contribution in [3.05, 3.63) is 47.8 Å². The molecule has 0 amide bonds. The number of hydrogen-bond donors (Lipinski definition) is 1. The maximum Gasteiger partial charge on any atom is 0.119 e.